The average molecular weight is 592 g/mol. The molecular weight excluding hydrogens is 553 g/mol. The van der Waals surface area contributed by atoms with Gasteiger partial charge in [-0.05, 0) is 100 Å². The molecular formula is C38H38B6O2. The van der Waals surface area contributed by atoms with Crippen molar-refractivity contribution < 1.29 is 9.31 Å². The van der Waals surface area contributed by atoms with Crippen LogP contribution in [0.1, 0.15) is 27.7 Å². The number of benzene rings is 6. The first-order chi connectivity index (χ1) is 21.9. The highest BCUT2D eigenvalue weighted by atomic mass is 16.7. The van der Waals surface area contributed by atoms with E-state index in [4.69, 9.17) is 9.31 Å². The van der Waals surface area contributed by atoms with Crippen LogP contribution >= 0.6 is 0 Å². The molecule has 0 aromatic heterocycles. The van der Waals surface area contributed by atoms with Gasteiger partial charge in [0.05, 0.1) is 11.2 Å². The summed E-state index contributed by atoms with van der Waals surface area (Å²) in [5.41, 5.74) is 14.7. The van der Waals surface area contributed by atoms with E-state index in [2.05, 4.69) is 164 Å². The molecule has 7 rings (SSSR count). The summed E-state index contributed by atoms with van der Waals surface area (Å²) in [6.45, 7) is 8.39. The van der Waals surface area contributed by atoms with Crippen molar-refractivity contribution in [3.05, 3.63) is 97.1 Å². The molecule has 1 saturated heterocycles. The van der Waals surface area contributed by atoms with Crippen molar-refractivity contribution in [3.8, 4) is 33.4 Å². The summed E-state index contributed by atoms with van der Waals surface area (Å²) >= 11 is 0. The summed E-state index contributed by atoms with van der Waals surface area (Å²) in [7, 11) is 11.0. The molecule has 0 amide bonds. The molecule has 1 heterocycles. The first-order valence-corrected chi connectivity index (χ1v) is 16.5. The van der Waals surface area contributed by atoms with E-state index in [9.17, 15) is 0 Å². The molecule has 0 saturated carbocycles. The predicted molar refractivity (Wildman–Crippen MR) is 214 cm³/mol. The zero-order chi connectivity index (χ0) is 32.5. The first kappa shape index (κ1) is 30.8. The van der Waals surface area contributed by atoms with Crippen molar-refractivity contribution in [1.29, 1.82) is 0 Å². The van der Waals surface area contributed by atoms with Gasteiger partial charge in [0, 0.05) is 0 Å². The molecule has 1 aliphatic rings. The Balaban J connectivity index is 1.33. The molecule has 2 nitrogen and oxygen atoms in total. The van der Waals surface area contributed by atoms with Crippen LogP contribution in [-0.2, 0) is 9.31 Å². The lowest BCUT2D eigenvalue weighted by Gasteiger charge is -2.32. The van der Waals surface area contributed by atoms with E-state index in [1.54, 1.807) is 0 Å². The first-order valence-electron chi connectivity index (χ1n) is 16.5. The van der Waals surface area contributed by atoms with Crippen molar-refractivity contribution >= 4 is 101 Å². The standard InChI is InChI=1S/C38H38B6O2/c1-37(2)38(3,4)46-44(45-37)27-10-7-9-22(20-27)23-12-13-25-19-26(15-14-24(25)18-23)30-28-11-6-5-8-21(28)16-17-29(30)31-32(39)34(41)36(43)35(42)33(31)40/h5-20H,39-43H2,1-4H3. The molecule has 8 heteroatoms. The van der Waals surface area contributed by atoms with Gasteiger partial charge in [0.1, 0.15) is 39.2 Å². The number of hydrogen-bond donors (Lipinski definition) is 0. The average Bonchev–Trinajstić information content (AvgIpc) is 3.28. The monoisotopic (exact) mass is 592 g/mol. The van der Waals surface area contributed by atoms with Crippen LogP contribution in [-0.4, -0.2) is 57.6 Å². The van der Waals surface area contributed by atoms with E-state index < -0.39 is 0 Å². The lowest BCUT2D eigenvalue weighted by Crippen LogP contribution is -2.55. The molecule has 0 unspecified atom stereocenters. The highest BCUT2D eigenvalue weighted by molar-refractivity contribution is 6.69. The van der Waals surface area contributed by atoms with Crippen LogP contribution in [0.4, 0.5) is 0 Å². The third-order valence-corrected chi connectivity index (χ3v) is 11.1. The molecule has 0 atom stereocenters. The summed E-state index contributed by atoms with van der Waals surface area (Å²) in [5, 5.41) is 4.99. The van der Waals surface area contributed by atoms with Crippen LogP contribution in [0.3, 0.4) is 0 Å². The van der Waals surface area contributed by atoms with Gasteiger partial charge in [-0.3, -0.25) is 0 Å². The van der Waals surface area contributed by atoms with Gasteiger partial charge in [0.25, 0.3) is 0 Å². The summed E-state index contributed by atoms with van der Waals surface area (Å²) in [6, 6.07) is 35.7. The third kappa shape index (κ3) is 4.98. The molecule has 0 bridgehead atoms. The highest BCUT2D eigenvalue weighted by Crippen LogP contribution is 2.39. The van der Waals surface area contributed by atoms with Crippen LogP contribution in [0.5, 0.6) is 0 Å². The maximum Gasteiger partial charge on any atom is 0.494 e. The Morgan fingerprint density at radius 3 is 1.70 bits per heavy atom. The van der Waals surface area contributed by atoms with Gasteiger partial charge in [-0.25, -0.2) is 0 Å². The Kier molecular flexibility index (Phi) is 7.46. The largest absolute Gasteiger partial charge is 0.494 e. The van der Waals surface area contributed by atoms with Gasteiger partial charge in [-0.2, -0.15) is 0 Å². The lowest BCUT2D eigenvalue weighted by molar-refractivity contribution is 0.00578. The lowest BCUT2D eigenvalue weighted by atomic mass is 9.59. The van der Waals surface area contributed by atoms with Gasteiger partial charge in [-0.15, -0.1) is 16.4 Å². The van der Waals surface area contributed by atoms with Crippen molar-refractivity contribution in [2.75, 3.05) is 0 Å². The van der Waals surface area contributed by atoms with Crippen molar-refractivity contribution in [3.63, 3.8) is 0 Å². The van der Waals surface area contributed by atoms with Gasteiger partial charge in [0.15, 0.2) is 0 Å². The Hall–Kier alpha value is -3.85. The second kappa shape index (κ2) is 11.1. The Bertz CT molecular complexity index is 2140. The van der Waals surface area contributed by atoms with E-state index in [0.717, 1.165) is 11.0 Å². The zero-order valence-corrected chi connectivity index (χ0v) is 28.6. The molecule has 1 aliphatic heterocycles. The Morgan fingerprint density at radius 1 is 0.478 bits per heavy atom. The zero-order valence-electron chi connectivity index (χ0n) is 28.6. The molecule has 6 aromatic rings. The summed E-state index contributed by atoms with van der Waals surface area (Å²) in [5.74, 6) is 0. The van der Waals surface area contributed by atoms with E-state index >= 15 is 0 Å². The fraction of sp³-hybridized carbons (Fsp3) is 0.158. The minimum Gasteiger partial charge on any atom is -0.399 e. The van der Waals surface area contributed by atoms with E-state index in [-0.39, 0.29) is 18.3 Å². The molecule has 6 aromatic carbocycles. The van der Waals surface area contributed by atoms with Gasteiger partial charge in [0.2, 0.25) is 0 Å². The fourth-order valence-corrected chi connectivity index (χ4v) is 7.12. The molecule has 0 radical (unpaired) electrons. The molecule has 1 fully saturated rings. The van der Waals surface area contributed by atoms with Gasteiger partial charge in [-0.1, -0.05) is 95.9 Å². The highest BCUT2D eigenvalue weighted by Gasteiger charge is 2.51. The third-order valence-electron chi connectivity index (χ3n) is 11.1. The normalized spacial score (nSPS) is 15.5. The fourth-order valence-electron chi connectivity index (χ4n) is 7.12. The molecule has 0 spiro atoms. The smallest absolute Gasteiger partial charge is 0.399 e. The van der Waals surface area contributed by atoms with Crippen LogP contribution in [0.2, 0.25) is 0 Å². The second-order valence-electron chi connectivity index (χ2n) is 14.2. The molecule has 46 heavy (non-hydrogen) atoms. The van der Waals surface area contributed by atoms with Crippen LogP contribution in [0.15, 0.2) is 97.1 Å². The van der Waals surface area contributed by atoms with Crippen LogP contribution < -0.4 is 32.8 Å². The maximum atomic E-state index is 6.35. The second-order valence-corrected chi connectivity index (χ2v) is 14.2. The number of fused-ring (bicyclic) bond motifs is 2. The minimum atomic E-state index is -0.378. The minimum absolute atomic E-state index is 0.368. The van der Waals surface area contributed by atoms with E-state index in [0.29, 0.717) is 0 Å². The quantitative estimate of drug-likeness (QED) is 0.280. The summed E-state index contributed by atoms with van der Waals surface area (Å²) < 4.78 is 12.7. The number of hydrogen-bond acceptors (Lipinski definition) is 2. The molecule has 220 valence electrons. The van der Waals surface area contributed by atoms with Crippen LogP contribution in [0, 0.1) is 0 Å². The molecule has 0 aliphatic carbocycles. The summed E-state index contributed by atoms with van der Waals surface area (Å²) in [4.78, 5) is 0. The van der Waals surface area contributed by atoms with Crippen molar-refractivity contribution in [1.82, 2.24) is 0 Å². The SMILES string of the molecule is Bc1c(B)c(B)c(-c2ccc3ccccc3c2-c2ccc3cc(-c4cccc(B5OC(C)(C)C(C)(C)O5)c4)ccc3c2)c(B)c1B. The Labute approximate surface area is 278 Å². The van der Waals surface area contributed by atoms with Crippen molar-refractivity contribution in [2.45, 2.75) is 38.9 Å². The van der Waals surface area contributed by atoms with Crippen molar-refractivity contribution in [2.24, 2.45) is 0 Å². The topological polar surface area (TPSA) is 18.5 Å². The van der Waals surface area contributed by atoms with E-state index in [1.165, 1.54) is 76.7 Å². The number of rotatable bonds is 4. The maximum absolute atomic E-state index is 6.35. The van der Waals surface area contributed by atoms with Crippen LogP contribution in [0.25, 0.3) is 54.9 Å². The Morgan fingerprint density at radius 2 is 1.02 bits per heavy atom. The molecule has 0 N–H and O–H groups in total. The van der Waals surface area contributed by atoms with Gasteiger partial charge >= 0.3 is 7.12 Å². The predicted octanol–water partition coefficient (Wildman–Crippen LogP) is 0.585. The van der Waals surface area contributed by atoms with Gasteiger partial charge < -0.3 is 9.31 Å². The van der Waals surface area contributed by atoms with E-state index in [1.807, 2.05) is 0 Å². The summed E-state index contributed by atoms with van der Waals surface area (Å²) in [6.07, 6.45) is 0.